The van der Waals surface area contributed by atoms with E-state index in [-0.39, 0.29) is 6.61 Å². The van der Waals surface area contributed by atoms with Crippen molar-refractivity contribution in [3.8, 4) is 11.5 Å². The lowest BCUT2D eigenvalue weighted by molar-refractivity contribution is 0.124. The minimum Gasteiger partial charge on any atom is -0.493 e. The maximum absolute atomic E-state index is 10.4. The van der Waals surface area contributed by atoms with Crippen molar-refractivity contribution >= 4 is 33.3 Å². The molecule has 1 N–H and O–H groups in total. The van der Waals surface area contributed by atoms with Crippen molar-refractivity contribution in [2.45, 2.75) is 31.4 Å². The molecule has 0 saturated heterocycles. The molecule has 2 aromatic heterocycles. The lowest BCUT2D eigenvalue weighted by Gasteiger charge is -2.15. The summed E-state index contributed by atoms with van der Waals surface area (Å²) in [4.78, 5) is 11.0. The van der Waals surface area contributed by atoms with Crippen LogP contribution in [-0.2, 0) is 6.42 Å². The van der Waals surface area contributed by atoms with Crippen LogP contribution in [0.4, 0.5) is 0 Å². The van der Waals surface area contributed by atoms with Gasteiger partial charge in [0.15, 0.2) is 11.5 Å². The molecule has 0 aliphatic rings. The van der Waals surface area contributed by atoms with Gasteiger partial charge in [0.05, 0.1) is 13.2 Å². The zero-order chi connectivity index (χ0) is 20.1. The molecular formula is C21H24N2O3S2. The van der Waals surface area contributed by atoms with E-state index in [0.717, 1.165) is 27.2 Å². The number of hydrogen-bond donors (Lipinski definition) is 1. The van der Waals surface area contributed by atoms with E-state index < -0.39 is 6.10 Å². The molecule has 2 heterocycles. The molecule has 1 aromatic carbocycles. The van der Waals surface area contributed by atoms with Crippen molar-refractivity contribution in [2.24, 2.45) is 0 Å². The average molecular weight is 417 g/mol. The van der Waals surface area contributed by atoms with Crippen LogP contribution in [0.15, 0.2) is 42.2 Å². The Balaban J connectivity index is 1.61. The molecule has 0 saturated carbocycles. The van der Waals surface area contributed by atoms with Gasteiger partial charge in [-0.25, -0.2) is 9.97 Å². The van der Waals surface area contributed by atoms with Gasteiger partial charge in [0.25, 0.3) is 0 Å². The van der Waals surface area contributed by atoms with E-state index in [9.17, 15) is 5.11 Å². The van der Waals surface area contributed by atoms with Gasteiger partial charge in [0.2, 0.25) is 0 Å². The number of benzene rings is 1. The van der Waals surface area contributed by atoms with E-state index in [0.29, 0.717) is 17.3 Å². The van der Waals surface area contributed by atoms with Gasteiger partial charge in [0, 0.05) is 16.0 Å². The summed E-state index contributed by atoms with van der Waals surface area (Å²) in [7, 11) is 1.61. The quantitative estimate of drug-likeness (QED) is 0.313. The molecule has 0 fully saturated rings. The highest BCUT2D eigenvalue weighted by Crippen LogP contribution is 2.34. The molecular weight excluding hydrogens is 392 g/mol. The SMILES string of the molecule is C=CCc1ccc(OCC(O)CSc2ncnc3sc(C)c(C)c23)c(OC)c1. The maximum atomic E-state index is 10.4. The second-order valence-corrected chi connectivity index (χ2v) is 8.61. The first-order valence-corrected chi connectivity index (χ1v) is 10.8. The molecule has 28 heavy (non-hydrogen) atoms. The van der Waals surface area contributed by atoms with E-state index >= 15 is 0 Å². The third-order valence-corrected chi connectivity index (χ3v) is 6.63. The minimum atomic E-state index is -0.632. The Labute approximate surface area is 173 Å². The number of nitrogens with zero attached hydrogens (tertiary/aromatic N) is 2. The molecule has 5 nitrogen and oxygen atoms in total. The Morgan fingerprint density at radius 2 is 2.11 bits per heavy atom. The van der Waals surface area contributed by atoms with Crippen molar-refractivity contribution in [3.63, 3.8) is 0 Å². The lowest BCUT2D eigenvalue weighted by Crippen LogP contribution is -2.20. The van der Waals surface area contributed by atoms with Crippen LogP contribution in [0.5, 0.6) is 11.5 Å². The second-order valence-electron chi connectivity index (χ2n) is 6.40. The van der Waals surface area contributed by atoms with Crippen LogP contribution < -0.4 is 9.47 Å². The molecule has 148 valence electrons. The summed E-state index contributed by atoms with van der Waals surface area (Å²) in [5.41, 5.74) is 2.31. The number of aryl methyl sites for hydroxylation is 2. The molecule has 3 rings (SSSR count). The topological polar surface area (TPSA) is 64.5 Å². The Kier molecular flexibility index (Phi) is 6.93. The van der Waals surface area contributed by atoms with Gasteiger partial charge < -0.3 is 14.6 Å². The third kappa shape index (κ3) is 4.66. The number of hydrogen-bond acceptors (Lipinski definition) is 7. The Hall–Kier alpha value is -2.09. The first-order valence-electron chi connectivity index (χ1n) is 8.95. The van der Waals surface area contributed by atoms with Gasteiger partial charge in [-0.1, -0.05) is 12.1 Å². The Morgan fingerprint density at radius 1 is 1.29 bits per heavy atom. The first kappa shape index (κ1) is 20.6. The number of aliphatic hydroxyl groups excluding tert-OH is 1. The lowest BCUT2D eigenvalue weighted by atomic mass is 10.1. The summed E-state index contributed by atoms with van der Waals surface area (Å²) >= 11 is 3.19. The molecule has 3 aromatic rings. The molecule has 0 amide bonds. The molecule has 0 aliphatic carbocycles. The van der Waals surface area contributed by atoms with Gasteiger partial charge in [-0.3, -0.25) is 0 Å². The standard InChI is InChI=1S/C21H24N2O3S2/c1-5-6-15-7-8-17(18(9-15)25-4)26-10-16(24)11-27-20-19-13(2)14(3)28-21(19)23-12-22-20/h5,7-9,12,16,24H,1,6,10-11H2,2-4H3. The van der Waals surface area contributed by atoms with Crippen LogP contribution in [0.1, 0.15) is 16.0 Å². The van der Waals surface area contributed by atoms with Crippen molar-refractivity contribution in [2.75, 3.05) is 19.5 Å². The molecule has 1 atom stereocenters. The molecule has 0 spiro atoms. The number of allylic oxidation sites excluding steroid dienone is 1. The highest BCUT2D eigenvalue weighted by Gasteiger charge is 2.15. The number of thiophene rings is 1. The van der Waals surface area contributed by atoms with Crippen LogP contribution in [0, 0.1) is 13.8 Å². The molecule has 0 aliphatic heterocycles. The number of methoxy groups -OCH3 is 1. The average Bonchev–Trinajstić information content (AvgIpc) is 2.99. The van der Waals surface area contributed by atoms with Crippen molar-refractivity contribution < 1.29 is 14.6 Å². The summed E-state index contributed by atoms with van der Waals surface area (Å²) in [6, 6.07) is 5.76. The number of aromatic nitrogens is 2. The van der Waals surface area contributed by atoms with Crippen LogP contribution in [0.3, 0.4) is 0 Å². The van der Waals surface area contributed by atoms with Crippen LogP contribution in [0.25, 0.3) is 10.2 Å². The van der Waals surface area contributed by atoms with E-state index in [2.05, 4.69) is 30.4 Å². The number of rotatable bonds is 9. The predicted molar refractivity (Wildman–Crippen MR) is 116 cm³/mol. The number of fused-ring (bicyclic) bond motifs is 1. The van der Waals surface area contributed by atoms with E-state index in [1.807, 2.05) is 24.3 Å². The fourth-order valence-electron chi connectivity index (χ4n) is 2.79. The highest BCUT2D eigenvalue weighted by molar-refractivity contribution is 7.99. The number of aliphatic hydroxyl groups is 1. The van der Waals surface area contributed by atoms with Crippen LogP contribution >= 0.6 is 23.1 Å². The molecule has 0 radical (unpaired) electrons. The minimum absolute atomic E-state index is 0.181. The monoisotopic (exact) mass is 416 g/mol. The van der Waals surface area contributed by atoms with Crippen molar-refractivity contribution in [1.82, 2.24) is 9.97 Å². The van der Waals surface area contributed by atoms with E-state index in [1.54, 1.807) is 24.8 Å². The maximum Gasteiger partial charge on any atom is 0.161 e. The zero-order valence-electron chi connectivity index (χ0n) is 16.3. The summed E-state index contributed by atoms with van der Waals surface area (Å²) in [5, 5.41) is 12.4. The normalized spacial score (nSPS) is 12.1. The van der Waals surface area contributed by atoms with E-state index in [4.69, 9.17) is 9.47 Å². The second kappa shape index (κ2) is 9.41. The third-order valence-electron chi connectivity index (χ3n) is 4.38. The van der Waals surface area contributed by atoms with Crippen LogP contribution in [-0.4, -0.2) is 40.6 Å². The number of ether oxygens (including phenoxy) is 2. The molecule has 0 bridgehead atoms. The summed E-state index contributed by atoms with van der Waals surface area (Å²) in [6.07, 6.45) is 3.56. The van der Waals surface area contributed by atoms with Gasteiger partial charge in [-0.2, -0.15) is 0 Å². The zero-order valence-corrected chi connectivity index (χ0v) is 17.9. The smallest absolute Gasteiger partial charge is 0.161 e. The summed E-state index contributed by atoms with van der Waals surface area (Å²) < 4.78 is 11.2. The summed E-state index contributed by atoms with van der Waals surface area (Å²) in [6.45, 7) is 8.11. The largest absolute Gasteiger partial charge is 0.493 e. The predicted octanol–water partition coefficient (Wildman–Crippen LogP) is 4.58. The fourth-order valence-corrected chi connectivity index (χ4v) is 4.82. The van der Waals surface area contributed by atoms with Gasteiger partial charge in [-0.05, 0) is 43.5 Å². The highest BCUT2D eigenvalue weighted by atomic mass is 32.2. The van der Waals surface area contributed by atoms with Gasteiger partial charge >= 0.3 is 0 Å². The van der Waals surface area contributed by atoms with Gasteiger partial charge in [-0.15, -0.1) is 29.7 Å². The Bertz CT molecular complexity index is 972. The van der Waals surface area contributed by atoms with Crippen molar-refractivity contribution in [1.29, 1.82) is 0 Å². The van der Waals surface area contributed by atoms with Crippen LogP contribution in [0.2, 0.25) is 0 Å². The van der Waals surface area contributed by atoms with E-state index in [1.165, 1.54) is 22.2 Å². The summed E-state index contributed by atoms with van der Waals surface area (Å²) in [5.74, 6) is 1.76. The first-order chi connectivity index (χ1) is 13.5. The number of thioether (sulfide) groups is 1. The van der Waals surface area contributed by atoms with Crippen molar-refractivity contribution in [3.05, 3.63) is 53.2 Å². The molecule has 1 unspecified atom stereocenters. The van der Waals surface area contributed by atoms with Gasteiger partial charge in [0.1, 0.15) is 22.8 Å². The molecule has 7 heteroatoms. The fraction of sp³-hybridized carbons (Fsp3) is 0.333. The Morgan fingerprint density at radius 3 is 2.86 bits per heavy atom.